The third-order valence-corrected chi connectivity index (χ3v) is 5.42. The van der Waals surface area contributed by atoms with Crippen LogP contribution in [0.25, 0.3) is 0 Å². The van der Waals surface area contributed by atoms with Gasteiger partial charge in [-0.15, -0.1) is 0 Å². The molecule has 3 N–H and O–H groups in total. The van der Waals surface area contributed by atoms with E-state index in [4.69, 9.17) is 5.84 Å². The number of hydrazine groups is 1. The molecule has 0 aromatic rings. The van der Waals surface area contributed by atoms with E-state index in [0.717, 1.165) is 6.42 Å². The zero-order valence-corrected chi connectivity index (χ0v) is 9.09. The van der Waals surface area contributed by atoms with Crippen molar-refractivity contribution in [3.8, 4) is 0 Å². The van der Waals surface area contributed by atoms with Gasteiger partial charge < -0.3 is 0 Å². The highest BCUT2D eigenvalue weighted by molar-refractivity contribution is 7.91. The normalized spacial score (nSPS) is 33.9. The van der Waals surface area contributed by atoms with Crippen molar-refractivity contribution in [3.63, 3.8) is 0 Å². The van der Waals surface area contributed by atoms with Gasteiger partial charge in [0.05, 0.1) is 11.5 Å². The van der Waals surface area contributed by atoms with Crippen LogP contribution in [0.4, 0.5) is 0 Å². The Balaban J connectivity index is 1.99. The first-order chi connectivity index (χ1) is 6.62. The zero-order chi connectivity index (χ0) is 10.2. The number of hydrogen-bond acceptors (Lipinski definition) is 4. The SMILES string of the molecule is NNC(C1CCC1)C1CCS(=O)(=O)C1. The molecule has 1 heterocycles. The van der Waals surface area contributed by atoms with E-state index in [1.807, 2.05) is 0 Å². The lowest BCUT2D eigenvalue weighted by Gasteiger charge is -2.36. The van der Waals surface area contributed by atoms with E-state index in [0.29, 0.717) is 17.4 Å². The van der Waals surface area contributed by atoms with Crippen molar-refractivity contribution < 1.29 is 8.42 Å². The van der Waals surface area contributed by atoms with Crippen molar-refractivity contribution in [3.05, 3.63) is 0 Å². The van der Waals surface area contributed by atoms with Crippen LogP contribution >= 0.6 is 0 Å². The molecule has 1 aliphatic heterocycles. The molecule has 2 aliphatic rings. The molecule has 0 spiro atoms. The average Bonchev–Trinajstić information content (AvgIpc) is 2.37. The van der Waals surface area contributed by atoms with Gasteiger partial charge in [0.1, 0.15) is 0 Å². The van der Waals surface area contributed by atoms with Gasteiger partial charge in [0.25, 0.3) is 0 Å². The van der Waals surface area contributed by atoms with E-state index >= 15 is 0 Å². The van der Waals surface area contributed by atoms with Crippen molar-refractivity contribution >= 4 is 9.84 Å². The van der Waals surface area contributed by atoms with Gasteiger partial charge in [-0.25, -0.2) is 8.42 Å². The minimum absolute atomic E-state index is 0.223. The largest absolute Gasteiger partial charge is 0.271 e. The molecule has 4 nitrogen and oxygen atoms in total. The Kier molecular flexibility index (Phi) is 2.81. The maximum atomic E-state index is 11.3. The van der Waals surface area contributed by atoms with Crippen LogP contribution < -0.4 is 11.3 Å². The van der Waals surface area contributed by atoms with Gasteiger partial charge in [-0.3, -0.25) is 11.3 Å². The molecule has 0 aromatic carbocycles. The summed E-state index contributed by atoms with van der Waals surface area (Å²) in [5.41, 5.74) is 2.82. The van der Waals surface area contributed by atoms with E-state index in [2.05, 4.69) is 5.43 Å². The molecular weight excluding hydrogens is 200 g/mol. The first-order valence-corrected chi connectivity index (χ1v) is 7.11. The number of nitrogens with one attached hydrogen (secondary N) is 1. The van der Waals surface area contributed by atoms with E-state index in [9.17, 15) is 8.42 Å². The second-order valence-electron chi connectivity index (χ2n) is 4.55. The van der Waals surface area contributed by atoms with E-state index in [1.165, 1.54) is 19.3 Å². The van der Waals surface area contributed by atoms with Gasteiger partial charge in [-0.1, -0.05) is 6.42 Å². The molecule has 2 fully saturated rings. The van der Waals surface area contributed by atoms with Crippen LogP contribution in [-0.4, -0.2) is 26.0 Å². The summed E-state index contributed by atoms with van der Waals surface area (Å²) in [6.07, 6.45) is 4.45. The van der Waals surface area contributed by atoms with Gasteiger partial charge in [0.15, 0.2) is 9.84 Å². The third-order valence-electron chi connectivity index (χ3n) is 3.63. The standard InChI is InChI=1S/C9H18N2O2S/c10-11-9(7-2-1-3-7)8-4-5-14(12,13)6-8/h7-9,11H,1-6,10H2. The maximum absolute atomic E-state index is 11.3. The van der Waals surface area contributed by atoms with Crippen molar-refractivity contribution in [2.75, 3.05) is 11.5 Å². The van der Waals surface area contributed by atoms with Crippen LogP contribution in [0.5, 0.6) is 0 Å². The van der Waals surface area contributed by atoms with E-state index in [-0.39, 0.29) is 12.0 Å². The molecule has 82 valence electrons. The number of nitrogens with two attached hydrogens (primary N) is 1. The fourth-order valence-corrected chi connectivity index (χ4v) is 4.42. The Hall–Kier alpha value is -0.130. The first kappa shape index (κ1) is 10.4. The predicted molar refractivity (Wildman–Crippen MR) is 55.2 cm³/mol. The topological polar surface area (TPSA) is 72.2 Å². The second kappa shape index (κ2) is 3.79. The second-order valence-corrected chi connectivity index (χ2v) is 6.78. The lowest BCUT2D eigenvalue weighted by Crippen LogP contribution is -2.48. The predicted octanol–water partition coefficient (Wildman–Crippen LogP) is 0.0531. The smallest absolute Gasteiger partial charge is 0.150 e. The molecule has 2 rings (SSSR count). The summed E-state index contributed by atoms with van der Waals surface area (Å²) in [6, 6.07) is 0.223. The zero-order valence-electron chi connectivity index (χ0n) is 8.28. The number of sulfone groups is 1. The molecule has 1 saturated heterocycles. The molecule has 1 aliphatic carbocycles. The van der Waals surface area contributed by atoms with Crippen molar-refractivity contribution in [1.82, 2.24) is 5.43 Å². The molecule has 14 heavy (non-hydrogen) atoms. The van der Waals surface area contributed by atoms with Crippen molar-refractivity contribution in [2.24, 2.45) is 17.7 Å². The summed E-state index contributed by atoms with van der Waals surface area (Å²) in [6.45, 7) is 0. The molecular formula is C9H18N2O2S. The number of rotatable bonds is 3. The molecule has 2 atom stereocenters. The molecule has 2 unspecified atom stereocenters. The molecule has 0 radical (unpaired) electrons. The summed E-state index contributed by atoms with van der Waals surface area (Å²) in [5.74, 6) is 7.04. The van der Waals surface area contributed by atoms with Crippen LogP contribution in [0, 0.1) is 11.8 Å². The van der Waals surface area contributed by atoms with Gasteiger partial charge >= 0.3 is 0 Å². The van der Waals surface area contributed by atoms with Gasteiger partial charge in [0.2, 0.25) is 0 Å². The Morgan fingerprint density at radius 1 is 1.21 bits per heavy atom. The summed E-state index contributed by atoms with van der Waals surface area (Å²) >= 11 is 0. The van der Waals surface area contributed by atoms with Gasteiger partial charge in [0, 0.05) is 6.04 Å². The minimum atomic E-state index is -2.76. The van der Waals surface area contributed by atoms with E-state index in [1.54, 1.807) is 0 Å². The molecule has 0 bridgehead atoms. The fraction of sp³-hybridized carbons (Fsp3) is 1.00. The average molecular weight is 218 g/mol. The Labute approximate surface area is 85.1 Å². The quantitative estimate of drug-likeness (QED) is 0.519. The molecule has 0 amide bonds. The monoisotopic (exact) mass is 218 g/mol. The third kappa shape index (κ3) is 1.94. The highest BCUT2D eigenvalue weighted by Crippen LogP contribution is 2.35. The lowest BCUT2D eigenvalue weighted by atomic mass is 9.75. The molecule has 5 heteroatoms. The molecule has 0 aromatic heterocycles. The van der Waals surface area contributed by atoms with Crippen molar-refractivity contribution in [1.29, 1.82) is 0 Å². The minimum Gasteiger partial charge on any atom is -0.271 e. The van der Waals surface area contributed by atoms with Crippen molar-refractivity contribution in [2.45, 2.75) is 31.7 Å². The van der Waals surface area contributed by atoms with E-state index < -0.39 is 9.84 Å². The van der Waals surface area contributed by atoms with Crippen LogP contribution in [0.1, 0.15) is 25.7 Å². The van der Waals surface area contributed by atoms with Gasteiger partial charge in [-0.05, 0) is 31.1 Å². The van der Waals surface area contributed by atoms with Crippen LogP contribution in [0.2, 0.25) is 0 Å². The first-order valence-electron chi connectivity index (χ1n) is 5.29. The lowest BCUT2D eigenvalue weighted by molar-refractivity contribution is 0.184. The highest BCUT2D eigenvalue weighted by atomic mass is 32.2. The van der Waals surface area contributed by atoms with Gasteiger partial charge in [-0.2, -0.15) is 0 Å². The number of hydrogen-bond donors (Lipinski definition) is 2. The highest BCUT2D eigenvalue weighted by Gasteiger charge is 2.38. The Bertz CT molecular complexity index is 298. The van der Waals surface area contributed by atoms with Crippen LogP contribution in [0.3, 0.4) is 0 Å². The maximum Gasteiger partial charge on any atom is 0.150 e. The summed E-state index contributed by atoms with van der Waals surface area (Å²) < 4.78 is 22.6. The summed E-state index contributed by atoms with van der Waals surface area (Å²) in [7, 11) is -2.76. The molecule has 1 saturated carbocycles. The summed E-state index contributed by atoms with van der Waals surface area (Å²) in [5, 5.41) is 0. The summed E-state index contributed by atoms with van der Waals surface area (Å²) in [4.78, 5) is 0. The van der Waals surface area contributed by atoms with Crippen LogP contribution in [0.15, 0.2) is 0 Å². The Morgan fingerprint density at radius 2 is 1.93 bits per heavy atom. The Morgan fingerprint density at radius 3 is 2.29 bits per heavy atom. The van der Waals surface area contributed by atoms with Crippen LogP contribution in [-0.2, 0) is 9.84 Å². The fourth-order valence-electron chi connectivity index (χ4n) is 2.56.